The Morgan fingerprint density at radius 2 is 1.00 bits per heavy atom. The molecule has 4 atom stereocenters. The van der Waals surface area contributed by atoms with Crippen molar-refractivity contribution in [3.63, 3.8) is 0 Å². The minimum atomic E-state index is -0.256. The number of esters is 2. The fraction of sp³-hybridized carbons (Fsp3) is 0.231. The molecule has 49 heavy (non-hydrogen) atoms. The van der Waals surface area contributed by atoms with Crippen LogP contribution in [0.15, 0.2) is 107 Å². The smallest absolute Gasteiger partial charge is 0.310 e. The summed E-state index contributed by atoms with van der Waals surface area (Å²) in [5.74, 6) is -0.298. The van der Waals surface area contributed by atoms with E-state index in [0.717, 1.165) is 46.8 Å². The minimum absolute atomic E-state index is 0.0218. The number of carbonyl (C=O) groups is 2. The van der Waals surface area contributed by atoms with E-state index in [1.54, 1.807) is 68.0 Å². The second kappa shape index (κ2) is 15.7. The quantitative estimate of drug-likeness (QED) is 0.0820. The van der Waals surface area contributed by atoms with Gasteiger partial charge in [-0.3, -0.25) is 9.59 Å². The first-order valence-corrected chi connectivity index (χ1v) is 21.1. The molecule has 0 N–H and O–H groups in total. The topological polar surface area (TPSA) is 52.6 Å². The summed E-state index contributed by atoms with van der Waals surface area (Å²) in [6.07, 6.45) is 5.13. The molecule has 7 rings (SSSR count). The molecule has 1 aliphatic rings. The second-order valence-electron chi connectivity index (χ2n) is 11.9. The summed E-state index contributed by atoms with van der Waals surface area (Å²) in [5, 5.41) is 8.27. The van der Waals surface area contributed by atoms with Gasteiger partial charge in [-0.25, -0.2) is 0 Å². The van der Waals surface area contributed by atoms with Crippen molar-refractivity contribution in [1.29, 1.82) is 0 Å². The minimum Gasteiger partial charge on any atom is -0.465 e. The maximum atomic E-state index is 13.4. The summed E-state index contributed by atoms with van der Waals surface area (Å²) >= 11 is 10.2. The highest BCUT2D eigenvalue weighted by Gasteiger charge is 2.42. The van der Waals surface area contributed by atoms with Gasteiger partial charge >= 0.3 is 11.9 Å². The Morgan fingerprint density at radius 3 is 1.35 bits per heavy atom. The molecule has 6 aromatic heterocycles. The van der Waals surface area contributed by atoms with Crippen LogP contribution in [-0.2, 0) is 31.9 Å². The zero-order valence-electron chi connectivity index (χ0n) is 26.6. The van der Waals surface area contributed by atoms with E-state index in [0.29, 0.717) is 0 Å². The van der Waals surface area contributed by atoms with Crippen LogP contribution < -0.4 is 0 Å². The van der Waals surface area contributed by atoms with Crippen LogP contribution in [0.5, 0.6) is 0 Å². The lowest BCUT2D eigenvalue weighted by atomic mass is 9.88. The highest BCUT2D eigenvalue weighted by molar-refractivity contribution is 7.26. The highest BCUT2D eigenvalue weighted by atomic mass is 32.1. The van der Waals surface area contributed by atoms with Gasteiger partial charge in [0.2, 0.25) is 0 Å². The van der Waals surface area contributed by atoms with Gasteiger partial charge in [-0.2, -0.15) is 0 Å². The number of rotatable bonds is 14. The molecule has 0 aromatic carbocycles. The van der Waals surface area contributed by atoms with Crippen LogP contribution in [0.2, 0.25) is 0 Å². The second-order valence-corrected chi connectivity index (χ2v) is 17.8. The Balaban J connectivity index is 1.02. The lowest BCUT2D eigenvalue weighted by Gasteiger charge is -2.24. The summed E-state index contributed by atoms with van der Waals surface area (Å²) in [6, 6.07) is 20.9. The van der Waals surface area contributed by atoms with E-state index < -0.39 is 0 Å². The van der Waals surface area contributed by atoms with Crippen molar-refractivity contribution in [2.75, 3.05) is 13.2 Å². The van der Waals surface area contributed by atoms with Crippen LogP contribution in [0, 0.1) is 23.7 Å². The standard InChI is InChI=1S/C39H34O4S6/c1-3-24-17-25(4-2)29(23-43-37(41)21-27-19-35(31-10-6-14-45-31)49-39(27)33-12-8-16-47-33)28(24)22-42-36(40)20-26-18-34(30-9-5-13-44-30)48-38(26)32-11-7-15-46-32/h3-16,18-19,24-25,28-29H,1-2,17,20-23H2. The summed E-state index contributed by atoms with van der Waals surface area (Å²) in [7, 11) is 0. The van der Waals surface area contributed by atoms with Gasteiger partial charge in [-0.05, 0) is 87.3 Å². The third kappa shape index (κ3) is 7.70. The van der Waals surface area contributed by atoms with E-state index in [1.165, 1.54) is 9.75 Å². The molecule has 0 aliphatic heterocycles. The number of thiophene rings is 6. The molecule has 10 heteroatoms. The van der Waals surface area contributed by atoms with Crippen molar-refractivity contribution in [2.24, 2.45) is 23.7 Å². The Labute approximate surface area is 310 Å². The predicted molar refractivity (Wildman–Crippen MR) is 210 cm³/mol. The maximum absolute atomic E-state index is 13.4. The van der Waals surface area contributed by atoms with Crippen molar-refractivity contribution < 1.29 is 19.1 Å². The Bertz CT molecular complexity index is 1850. The SMILES string of the molecule is C=CC1CC(C=C)C(COC(=O)Cc2cc(-c3cccs3)sc2-c2cccs2)C1COC(=O)Cc1cc(-c2cccs2)sc1-c1cccs1. The largest absolute Gasteiger partial charge is 0.465 e. The van der Waals surface area contributed by atoms with Gasteiger partial charge in [-0.1, -0.05) is 36.4 Å². The van der Waals surface area contributed by atoms with E-state index in [-0.39, 0.29) is 61.7 Å². The Morgan fingerprint density at radius 1 is 0.612 bits per heavy atom. The number of allylic oxidation sites excluding steroid dienone is 2. The van der Waals surface area contributed by atoms with Crippen molar-refractivity contribution >= 4 is 80.0 Å². The third-order valence-corrected chi connectivity index (χ3v) is 15.6. The van der Waals surface area contributed by atoms with Gasteiger partial charge in [0, 0.05) is 50.9 Å². The lowest BCUT2D eigenvalue weighted by Crippen LogP contribution is -2.28. The molecule has 0 saturated heterocycles. The Hall–Kier alpha value is -3.38. The first-order valence-electron chi connectivity index (χ1n) is 16.0. The van der Waals surface area contributed by atoms with Gasteiger partial charge in [0.05, 0.1) is 26.1 Å². The third-order valence-electron chi connectivity index (χ3n) is 8.98. The molecule has 0 amide bonds. The van der Waals surface area contributed by atoms with Crippen molar-refractivity contribution in [2.45, 2.75) is 19.3 Å². The zero-order valence-corrected chi connectivity index (χ0v) is 31.5. The molecule has 0 radical (unpaired) electrons. The van der Waals surface area contributed by atoms with Crippen LogP contribution in [0.25, 0.3) is 39.0 Å². The predicted octanol–water partition coefficient (Wildman–Crippen LogP) is 11.8. The fourth-order valence-electron chi connectivity index (χ4n) is 6.56. The highest BCUT2D eigenvalue weighted by Crippen LogP contribution is 2.45. The van der Waals surface area contributed by atoms with E-state index in [4.69, 9.17) is 9.47 Å². The van der Waals surface area contributed by atoms with Crippen LogP contribution in [0.3, 0.4) is 0 Å². The van der Waals surface area contributed by atoms with E-state index in [1.807, 2.05) is 36.4 Å². The molecule has 6 aromatic rings. The average Bonchev–Trinajstić information content (AvgIpc) is 3.96. The van der Waals surface area contributed by atoms with Crippen molar-refractivity contribution in [3.8, 4) is 39.0 Å². The van der Waals surface area contributed by atoms with E-state index in [9.17, 15) is 9.59 Å². The molecule has 4 nitrogen and oxygen atoms in total. The van der Waals surface area contributed by atoms with Crippen LogP contribution >= 0.6 is 68.0 Å². The molecule has 0 spiro atoms. The molecule has 250 valence electrons. The van der Waals surface area contributed by atoms with E-state index in [2.05, 4.69) is 71.1 Å². The monoisotopic (exact) mass is 758 g/mol. The molecular weight excluding hydrogens is 725 g/mol. The summed E-state index contributed by atoms with van der Waals surface area (Å²) in [6.45, 7) is 8.67. The summed E-state index contributed by atoms with van der Waals surface area (Å²) in [4.78, 5) is 36.0. The van der Waals surface area contributed by atoms with Gasteiger partial charge in [0.25, 0.3) is 0 Å². The molecule has 1 saturated carbocycles. The van der Waals surface area contributed by atoms with Crippen molar-refractivity contribution in [3.05, 3.63) is 119 Å². The summed E-state index contributed by atoms with van der Waals surface area (Å²) in [5.41, 5.74) is 1.97. The van der Waals surface area contributed by atoms with Crippen LogP contribution in [0.1, 0.15) is 17.5 Å². The van der Waals surface area contributed by atoms with E-state index >= 15 is 0 Å². The number of ether oxygens (including phenoxy) is 2. The van der Waals surface area contributed by atoms with Crippen LogP contribution in [-0.4, -0.2) is 25.2 Å². The van der Waals surface area contributed by atoms with Gasteiger partial charge in [0.15, 0.2) is 0 Å². The molecule has 0 bridgehead atoms. The van der Waals surface area contributed by atoms with Crippen molar-refractivity contribution in [1.82, 2.24) is 0 Å². The average molecular weight is 759 g/mol. The number of hydrogen-bond donors (Lipinski definition) is 0. The molecular formula is C39H34O4S6. The zero-order chi connectivity index (χ0) is 33.7. The molecule has 1 aliphatic carbocycles. The fourth-order valence-corrected chi connectivity index (χ4v) is 12.3. The first-order chi connectivity index (χ1) is 24.0. The molecule has 6 heterocycles. The van der Waals surface area contributed by atoms with Gasteiger partial charge in [0.1, 0.15) is 0 Å². The Kier molecular flexibility index (Phi) is 10.9. The van der Waals surface area contributed by atoms with Gasteiger partial charge in [-0.15, -0.1) is 81.2 Å². The molecule has 1 fully saturated rings. The van der Waals surface area contributed by atoms with Gasteiger partial charge < -0.3 is 9.47 Å². The number of hydrogen-bond acceptors (Lipinski definition) is 10. The number of carbonyl (C=O) groups excluding carboxylic acids is 2. The first kappa shape index (κ1) is 34.1. The molecule has 4 unspecified atom stereocenters. The summed E-state index contributed by atoms with van der Waals surface area (Å²) < 4.78 is 12.0. The maximum Gasteiger partial charge on any atom is 0.310 e. The normalized spacial score (nSPS) is 18.8. The lowest BCUT2D eigenvalue weighted by molar-refractivity contribution is -0.149. The van der Waals surface area contributed by atoms with Crippen LogP contribution in [0.4, 0.5) is 0 Å².